The molecule has 0 aromatic rings. The molecule has 0 aromatic heterocycles. The molecule has 0 amide bonds. The number of terminal acetylenes is 1. The van der Waals surface area contributed by atoms with E-state index < -0.39 is 0 Å². The Hall–Kier alpha value is -0.740. The normalized spacial score (nSPS) is 47.2. The van der Waals surface area contributed by atoms with Crippen LogP contribution in [0.1, 0.15) is 85.0 Å². The van der Waals surface area contributed by atoms with Crippen LogP contribution in [0.3, 0.4) is 0 Å². The number of hydrogen-bond acceptors (Lipinski definition) is 1. The summed E-state index contributed by atoms with van der Waals surface area (Å²) < 4.78 is 0. The second-order valence-electron chi connectivity index (χ2n) is 10.8. The summed E-state index contributed by atoms with van der Waals surface area (Å²) in [5, 5.41) is 10.2. The van der Waals surface area contributed by atoms with Gasteiger partial charge in [-0.25, -0.2) is 0 Å². The lowest BCUT2D eigenvalue weighted by Gasteiger charge is -2.55. The van der Waals surface area contributed by atoms with Crippen LogP contribution in [0.2, 0.25) is 0 Å². The molecule has 0 spiro atoms. The van der Waals surface area contributed by atoms with E-state index in [0.717, 1.165) is 54.8 Å². The van der Waals surface area contributed by atoms with Crippen molar-refractivity contribution < 1.29 is 5.11 Å². The van der Waals surface area contributed by atoms with Gasteiger partial charge < -0.3 is 5.11 Å². The fraction of sp³-hybridized carbons (Fsp3) is 0.846. The fourth-order valence-corrected chi connectivity index (χ4v) is 8.44. The minimum Gasteiger partial charge on any atom is -0.393 e. The van der Waals surface area contributed by atoms with Gasteiger partial charge in [0.1, 0.15) is 0 Å². The number of allylic oxidation sites excluding steroid dienone is 1. The molecule has 0 aliphatic heterocycles. The molecule has 0 radical (unpaired) electrons. The van der Waals surface area contributed by atoms with Crippen LogP contribution in [-0.4, -0.2) is 11.2 Å². The molecule has 4 aliphatic rings. The molecular formula is C26H40O. The molecule has 3 fully saturated rings. The van der Waals surface area contributed by atoms with Crippen LogP contribution in [-0.2, 0) is 0 Å². The van der Waals surface area contributed by atoms with E-state index in [2.05, 4.69) is 32.8 Å². The fourth-order valence-electron chi connectivity index (χ4n) is 8.44. The SMILES string of the molecule is C#CCCCC(C)C1CCC2C3CC=C4CC(O)CC(C)C4C3CCC12C. The highest BCUT2D eigenvalue weighted by atomic mass is 16.3. The van der Waals surface area contributed by atoms with E-state index >= 15 is 0 Å². The third-order valence-corrected chi connectivity index (χ3v) is 9.50. The molecule has 1 heteroatoms. The first kappa shape index (κ1) is 19.6. The van der Waals surface area contributed by atoms with E-state index in [1.165, 1.54) is 44.9 Å². The van der Waals surface area contributed by atoms with E-state index in [0.29, 0.717) is 11.3 Å². The Morgan fingerprint density at radius 3 is 2.89 bits per heavy atom. The molecule has 3 saturated carbocycles. The molecule has 27 heavy (non-hydrogen) atoms. The van der Waals surface area contributed by atoms with E-state index in [1.807, 2.05) is 0 Å². The summed E-state index contributed by atoms with van der Waals surface area (Å²) in [5.41, 5.74) is 2.17. The molecule has 0 saturated heterocycles. The third kappa shape index (κ3) is 3.31. The molecule has 4 rings (SSSR count). The minimum atomic E-state index is -0.0902. The number of rotatable bonds is 4. The monoisotopic (exact) mass is 368 g/mol. The van der Waals surface area contributed by atoms with Crippen molar-refractivity contribution in [2.45, 2.75) is 91.1 Å². The average molecular weight is 369 g/mol. The first-order valence-electron chi connectivity index (χ1n) is 11.8. The molecule has 1 N–H and O–H groups in total. The molecule has 0 aromatic carbocycles. The predicted molar refractivity (Wildman–Crippen MR) is 113 cm³/mol. The van der Waals surface area contributed by atoms with E-state index in [-0.39, 0.29) is 6.10 Å². The van der Waals surface area contributed by atoms with Gasteiger partial charge in [0, 0.05) is 6.42 Å². The second kappa shape index (κ2) is 7.59. The van der Waals surface area contributed by atoms with E-state index in [1.54, 1.807) is 5.57 Å². The molecule has 9 unspecified atom stereocenters. The number of fused-ring (bicyclic) bond motifs is 5. The maximum absolute atomic E-state index is 10.2. The Balaban J connectivity index is 1.51. The summed E-state index contributed by atoms with van der Waals surface area (Å²) in [7, 11) is 0. The maximum atomic E-state index is 10.2. The number of aliphatic hydroxyl groups excluding tert-OH is 1. The number of hydrogen-bond donors (Lipinski definition) is 1. The zero-order chi connectivity index (χ0) is 19.2. The molecule has 0 bridgehead atoms. The van der Waals surface area contributed by atoms with Crippen LogP contribution < -0.4 is 0 Å². The van der Waals surface area contributed by atoms with Crippen LogP contribution >= 0.6 is 0 Å². The lowest BCUT2D eigenvalue weighted by Crippen LogP contribution is -2.48. The van der Waals surface area contributed by atoms with Crippen molar-refractivity contribution in [2.75, 3.05) is 0 Å². The summed E-state index contributed by atoms with van der Waals surface area (Å²) in [4.78, 5) is 0. The van der Waals surface area contributed by atoms with Crippen molar-refractivity contribution in [3.8, 4) is 12.3 Å². The van der Waals surface area contributed by atoms with Crippen molar-refractivity contribution in [3.63, 3.8) is 0 Å². The van der Waals surface area contributed by atoms with Gasteiger partial charge in [0.15, 0.2) is 0 Å². The Morgan fingerprint density at radius 1 is 1.30 bits per heavy atom. The first-order valence-corrected chi connectivity index (χ1v) is 11.8. The third-order valence-electron chi connectivity index (χ3n) is 9.50. The average Bonchev–Trinajstić information content (AvgIpc) is 2.98. The van der Waals surface area contributed by atoms with Gasteiger partial charge in [0.05, 0.1) is 6.10 Å². The Kier molecular flexibility index (Phi) is 5.50. The van der Waals surface area contributed by atoms with Gasteiger partial charge in [0.2, 0.25) is 0 Å². The number of aliphatic hydroxyl groups is 1. The number of unbranched alkanes of at least 4 members (excludes halogenated alkanes) is 1. The van der Waals surface area contributed by atoms with Crippen LogP contribution in [0.25, 0.3) is 0 Å². The van der Waals surface area contributed by atoms with Crippen molar-refractivity contribution in [3.05, 3.63) is 11.6 Å². The highest BCUT2D eigenvalue weighted by molar-refractivity contribution is 5.21. The Bertz CT molecular complexity index is 612. The summed E-state index contributed by atoms with van der Waals surface area (Å²) >= 11 is 0. The molecule has 0 heterocycles. The second-order valence-corrected chi connectivity index (χ2v) is 10.8. The molecule has 150 valence electrons. The van der Waals surface area contributed by atoms with Gasteiger partial charge in [-0.1, -0.05) is 32.4 Å². The standard InChI is InChI=1S/C26H40O/c1-5-6-7-8-17(2)23-11-12-24-21-10-9-19-16-20(27)15-18(3)25(19)22(21)13-14-26(23,24)4/h1,9,17-18,20-25,27H,6-8,10-16H2,2-4H3. The summed E-state index contributed by atoms with van der Waals surface area (Å²) in [5.74, 6) is 8.70. The highest BCUT2D eigenvalue weighted by Gasteiger charge is 2.57. The van der Waals surface area contributed by atoms with Gasteiger partial charge >= 0.3 is 0 Å². The zero-order valence-electron chi connectivity index (χ0n) is 17.8. The van der Waals surface area contributed by atoms with Crippen molar-refractivity contribution in [1.29, 1.82) is 0 Å². The molecule has 1 nitrogen and oxygen atoms in total. The quantitative estimate of drug-likeness (QED) is 0.355. The predicted octanol–water partition coefficient (Wildman–Crippen LogP) is 6.22. The van der Waals surface area contributed by atoms with Crippen molar-refractivity contribution in [1.82, 2.24) is 0 Å². The highest BCUT2D eigenvalue weighted by Crippen LogP contribution is 2.65. The van der Waals surface area contributed by atoms with E-state index in [9.17, 15) is 5.11 Å². The smallest absolute Gasteiger partial charge is 0.0580 e. The van der Waals surface area contributed by atoms with Gasteiger partial charge in [0.25, 0.3) is 0 Å². The van der Waals surface area contributed by atoms with Gasteiger partial charge in [-0.2, -0.15) is 0 Å². The maximum Gasteiger partial charge on any atom is 0.0580 e. The largest absolute Gasteiger partial charge is 0.393 e. The van der Waals surface area contributed by atoms with Crippen LogP contribution in [0, 0.1) is 59.2 Å². The van der Waals surface area contributed by atoms with E-state index in [4.69, 9.17) is 6.42 Å². The lowest BCUT2D eigenvalue weighted by atomic mass is 9.50. The Labute approximate surface area is 167 Å². The minimum absolute atomic E-state index is 0.0902. The van der Waals surface area contributed by atoms with Crippen LogP contribution in [0.15, 0.2) is 11.6 Å². The Morgan fingerprint density at radius 2 is 2.11 bits per heavy atom. The lowest BCUT2D eigenvalue weighted by molar-refractivity contribution is -0.0401. The summed E-state index contributed by atoms with van der Waals surface area (Å²) in [6, 6.07) is 0. The van der Waals surface area contributed by atoms with Crippen LogP contribution in [0.5, 0.6) is 0 Å². The molecule has 4 aliphatic carbocycles. The van der Waals surface area contributed by atoms with Crippen molar-refractivity contribution >= 4 is 0 Å². The first-order chi connectivity index (χ1) is 13.0. The molecule has 9 atom stereocenters. The topological polar surface area (TPSA) is 20.2 Å². The van der Waals surface area contributed by atoms with Gasteiger partial charge in [-0.05, 0) is 105 Å². The summed E-state index contributed by atoms with van der Waals surface area (Å²) in [6.07, 6.45) is 20.4. The van der Waals surface area contributed by atoms with Gasteiger partial charge in [-0.3, -0.25) is 0 Å². The zero-order valence-corrected chi connectivity index (χ0v) is 17.8. The molecular weight excluding hydrogens is 328 g/mol. The van der Waals surface area contributed by atoms with Crippen molar-refractivity contribution in [2.24, 2.45) is 46.8 Å². The van der Waals surface area contributed by atoms with Gasteiger partial charge in [-0.15, -0.1) is 12.3 Å². The summed E-state index contributed by atoms with van der Waals surface area (Å²) in [6.45, 7) is 7.56. The van der Waals surface area contributed by atoms with Crippen LogP contribution in [0.4, 0.5) is 0 Å².